The summed E-state index contributed by atoms with van der Waals surface area (Å²) in [4.78, 5) is 15.7. The summed E-state index contributed by atoms with van der Waals surface area (Å²) in [6, 6.07) is 9.56. The SMILES string of the molecule is CSc1ncc2c(n1)CCN(Cc1ccc(-c3ccc(OC(F)(F)F)cc3)nc1)C2. The van der Waals surface area contributed by atoms with Crippen LogP contribution in [0.25, 0.3) is 11.3 Å². The minimum absolute atomic E-state index is 0.248. The van der Waals surface area contributed by atoms with Crippen LogP contribution in [0.3, 0.4) is 0 Å². The molecule has 3 heterocycles. The zero-order chi connectivity index (χ0) is 21.1. The Morgan fingerprint density at radius 3 is 2.53 bits per heavy atom. The van der Waals surface area contributed by atoms with Crippen molar-refractivity contribution in [2.24, 2.45) is 0 Å². The van der Waals surface area contributed by atoms with Crippen LogP contribution in [0.2, 0.25) is 0 Å². The third-order valence-electron chi connectivity index (χ3n) is 4.79. The minimum Gasteiger partial charge on any atom is -0.406 e. The number of hydrogen-bond acceptors (Lipinski definition) is 6. The van der Waals surface area contributed by atoms with Gasteiger partial charge in [0.05, 0.1) is 11.4 Å². The van der Waals surface area contributed by atoms with Crippen LogP contribution in [-0.4, -0.2) is 39.0 Å². The predicted molar refractivity (Wildman–Crippen MR) is 108 cm³/mol. The third kappa shape index (κ3) is 5.09. The van der Waals surface area contributed by atoms with Gasteiger partial charge in [-0.3, -0.25) is 9.88 Å². The third-order valence-corrected chi connectivity index (χ3v) is 5.35. The maximum Gasteiger partial charge on any atom is 0.573 e. The molecule has 3 aromatic rings. The highest BCUT2D eigenvalue weighted by Gasteiger charge is 2.31. The van der Waals surface area contributed by atoms with Crippen LogP contribution in [0.4, 0.5) is 13.2 Å². The lowest BCUT2D eigenvalue weighted by Crippen LogP contribution is -2.31. The Morgan fingerprint density at radius 2 is 1.87 bits per heavy atom. The van der Waals surface area contributed by atoms with Gasteiger partial charge in [-0.2, -0.15) is 0 Å². The molecule has 0 unspecified atom stereocenters. The molecule has 0 aliphatic carbocycles. The maximum absolute atomic E-state index is 12.3. The molecule has 156 valence electrons. The molecule has 0 saturated carbocycles. The van der Waals surface area contributed by atoms with Crippen LogP contribution in [0, 0.1) is 0 Å². The molecule has 0 bridgehead atoms. The number of nitrogens with zero attached hydrogens (tertiary/aromatic N) is 4. The normalized spacial score (nSPS) is 14.4. The Morgan fingerprint density at radius 1 is 1.07 bits per heavy atom. The van der Waals surface area contributed by atoms with Gasteiger partial charge in [0, 0.05) is 49.6 Å². The molecular formula is C21H19F3N4OS. The van der Waals surface area contributed by atoms with Crippen molar-refractivity contribution in [3.63, 3.8) is 0 Å². The molecule has 0 N–H and O–H groups in total. The molecule has 0 atom stereocenters. The zero-order valence-corrected chi connectivity index (χ0v) is 17.0. The average Bonchev–Trinajstić information content (AvgIpc) is 2.73. The highest BCUT2D eigenvalue weighted by molar-refractivity contribution is 7.98. The van der Waals surface area contributed by atoms with E-state index in [1.165, 1.54) is 12.1 Å². The molecule has 4 rings (SSSR count). The van der Waals surface area contributed by atoms with E-state index in [4.69, 9.17) is 0 Å². The topological polar surface area (TPSA) is 51.1 Å². The Balaban J connectivity index is 1.39. The first-order valence-corrected chi connectivity index (χ1v) is 10.5. The number of rotatable bonds is 5. The van der Waals surface area contributed by atoms with Gasteiger partial charge in [-0.05, 0) is 42.2 Å². The first-order valence-electron chi connectivity index (χ1n) is 9.32. The number of aromatic nitrogens is 3. The monoisotopic (exact) mass is 432 g/mol. The first-order chi connectivity index (χ1) is 14.4. The largest absolute Gasteiger partial charge is 0.573 e. The second-order valence-corrected chi connectivity index (χ2v) is 7.69. The lowest BCUT2D eigenvalue weighted by molar-refractivity contribution is -0.274. The molecule has 0 spiro atoms. The van der Waals surface area contributed by atoms with E-state index in [0.717, 1.165) is 53.6 Å². The molecule has 1 aliphatic heterocycles. The molecule has 0 radical (unpaired) electrons. The Kier molecular flexibility index (Phi) is 5.92. The van der Waals surface area contributed by atoms with E-state index in [1.807, 2.05) is 24.6 Å². The fourth-order valence-corrected chi connectivity index (χ4v) is 3.72. The van der Waals surface area contributed by atoms with Crippen molar-refractivity contribution in [1.82, 2.24) is 19.9 Å². The molecule has 30 heavy (non-hydrogen) atoms. The highest BCUT2D eigenvalue weighted by atomic mass is 32.2. The van der Waals surface area contributed by atoms with E-state index in [0.29, 0.717) is 5.69 Å². The summed E-state index contributed by atoms with van der Waals surface area (Å²) in [7, 11) is 0. The summed E-state index contributed by atoms with van der Waals surface area (Å²) in [5, 5.41) is 0.806. The summed E-state index contributed by atoms with van der Waals surface area (Å²) in [6.07, 6.45) is 1.88. The minimum atomic E-state index is -4.69. The van der Waals surface area contributed by atoms with E-state index in [-0.39, 0.29) is 5.75 Å². The van der Waals surface area contributed by atoms with Crippen molar-refractivity contribution in [3.8, 4) is 17.0 Å². The standard InChI is InChI=1S/C21H19F3N4OS/c1-30-20-26-11-16-13-28(9-8-19(16)27-20)12-14-2-7-18(25-10-14)15-3-5-17(6-4-15)29-21(22,23)24/h2-7,10-11H,8-9,12-13H2,1H3. The van der Waals surface area contributed by atoms with Crippen LogP contribution in [0.1, 0.15) is 16.8 Å². The molecule has 0 fully saturated rings. The van der Waals surface area contributed by atoms with Gasteiger partial charge in [0.1, 0.15) is 5.75 Å². The smallest absolute Gasteiger partial charge is 0.406 e. The van der Waals surface area contributed by atoms with Gasteiger partial charge >= 0.3 is 6.36 Å². The number of thioether (sulfide) groups is 1. The average molecular weight is 432 g/mol. The van der Waals surface area contributed by atoms with Crippen molar-refractivity contribution in [1.29, 1.82) is 0 Å². The molecular weight excluding hydrogens is 413 g/mol. The van der Waals surface area contributed by atoms with Gasteiger partial charge in [0.2, 0.25) is 0 Å². The van der Waals surface area contributed by atoms with Crippen molar-refractivity contribution < 1.29 is 17.9 Å². The van der Waals surface area contributed by atoms with E-state index < -0.39 is 6.36 Å². The van der Waals surface area contributed by atoms with Gasteiger partial charge in [-0.25, -0.2) is 9.97 Å². The van der Waals surface area contributed by atoms with Gasteiger partial charge in [0.15, 0.2) is 5.16 Å². The molecule has 2 aromatic heterocycles. The predicted octanol–water partition coefficient (Wildman–Crippen LogP) is 4.72. The number of ether oxygens (including phenoxy) is 1. The Bertz CT molecular complexity index is 1010. The summed E-state index contributed by atoms with van der Waals surface area (Å²) >= 11 is 1.55. The van der Waals surface area contributed by atoms with Crippen molar-refractivity contribution >= 4 is 11.8 Å². The molecule has 1 aromatic carbocycles. The summed E-state index contributed by atoms with van der Waals surface area (Å²) in [6.45, 7) is 2.47. The summed E-state index contributed by atoms with van der Waals surface area (Å²) in [5.41, 5.74) is 4.77. The molecule has 5 nitrogen and oxygen atoms in total. The van der Waals surface area contributed by atoms with Crippen molar-refractivity contribution in [2.75, 3.05) is 12.8 Å². The van der Waals surface area contributed by atoms with Crippen LogP contribution >= 0.6 is 11.8 Å². The second kappa shape index (κ2) is 8.61. The zero-order valence-electron chi connectivity index (χ0n) is 16.2. The summed E-state index contributed by atoms with van der Waals surface area (Å²) in [5.74, 6) is -0.248. The lowest BCUT2D eigenvalue weighted by Gasteiger charge is -2.27. The lowest BCUT2D eigenvalue weighted by atomic mass is 10.1. The van der Waals surface area contributed by atoms with Crippen LogP contribution in [0.15, 0.2) is 53.9 Å². The van der Waals surface area contributed by atoms with Crippen LogP contribution < -0.4 is 4.74 Å². The number of benzene rings is 1. The molecule has 1 aliphatic rings. The number of fused-ring (bicyclic) bond motifs is 1. The van der Waals surface area contributed by atoms with Gasteiger partial charge < -0.3 is 4.74 Å². The highest BCUT2D eigenvalue weighted by Crippen LogP contribution is 2.26. The Hall–Kier alpha value is -2.65. The van der Waals surface area contributed by atoms with Crippen LogP contribution in [-0.2, 0) is 19.5 Å². The van der Waals surface area contributed by atoms with Crippen molar-refractivity contribution in [3.05, 3.63) is 65.6 Å². The van der Waals surface area contributed by atoms with E-state index in [9.17, 15) is 13.2 Å². The quantitative estimate of drug-likeness (QED) is 0.430. The first kappa shape index (κ1) is 20.6. The maximum atomic E-state index is 12.3. The Labute approximate surface area is 176 Å². The molecule has 9 heteroatoms. The van der Waals surface area contributed by atoms with Gasteiger partial charge in [0.25, 0.3) is 0 Å². The number of hydrogen-bond donors (Lipinski definition) is 0. The van der Waals surface area contributed by atoms with E-state index in [2.05, 4.69) is 24.6 Å². The molecule has 0 saturated heterocycles. The molecule has 0 amide bonds. The second-order valence-electron chi connectivity index (χ2n) is 6.91. The van der Waals surface area contributed by atoms with E-state index in [1.54, 1.807) is 30.1 Å². The fourth-order valence-electron chi connectivity index (χ4n) is 3.36. The van der Waals surface area contributed by atoms with Crippen molar-refractivity contribution in [2.45, 2.75) is 31.0 Å². The number of alkyl halides is 3. The van der Waals surface area contributed by atoms with Gasteiger partial charge in [-0.15, -0.1) is 13.2 Å². The number of halogens is 3. The summed E-state index contributed by atoms with van der Waals surface area (Å²) < 4.78 is 40.7. The van der Waals surface area contributed by atoms with Crippen LogP contribution in [0.5, 0.6) is 5.75 Å². The van der Waals surface area contributed by atoms with E-state index >= 15 is 0 Å². The fraction of sp³-hybridized carbons (Fsp3) is 0.286. The van der Waals surface area contributed by atoms with Gasteiger partial charge in [-0.1, -0.05) is 17.8 Å². The number of pyridine rings is 1.